The third-order valence-electron chi connectivity index (χ3n) is 6.64. The molecule has 4 atom stereocenters. The van der Waals surface area contributed by atoms with E-state index in [0.29, 0.717) is 29.6 Å². The predicted molar refractivity (Wildman–Crippen MR) is 112 cm³/mol. The molecule has 0 radical (unpaired) electrons. The molecule has 2 aliphatic heterocycles. The maximum absolute atomic E-state index is 6.00. The summed E-state index contributed by atoms with van der Waals surface area (Å²) in [4.78, 5) is 4.42. The van der Waals surface area contributed by atoms with Crippen molar-refractivity contribution in [1.29, 1.82) is 0 Å². The maximum atomic E-state index is 6.00. The summed E-state index contributed by atoms with van der Waals surface area (Å²) in [5.74, 6) is 1.61. The third kappa shape index (κ3) is 4.00. The first-order valence-corrected chi connectivity index (χ1v) is 10.1. The Morgan fingerprint density at radius 2 is 2.08 bits per heavy atom. The van der Waals surface area contributed by atoms with Gasteiger partial charge >= 0.3 is 0 Å². The van der Waals surface area contributed by atoms with Crippen LogP contribution >= 0.6 is 24.0 Å². The van der Waals surface area contributed by atoms with Crippen molar-refractivity contribution in [3.63, 3.8) is 0 Å². The number of ether oxygens (including phenoxy) is 3. The van der Waals surface area contributed by atoms with Crippen LogP contribution in [0.2, 0.25) is 0 Å². The fraction of sp³-hybridized carbons (Fsp3) is 0.947. The van der Waals surface area contributed by atoms with Gasteiger partial charge in [0.1, 0.15) is 0 Å². The van der Waals surface area contributed by atoms with Crippen LogP contribution in [0.5, 0.6) is 0 Å². The molecular weight excluding hydrogens is 445 g/mol. The van der Waals surface area contributed by atoms with E-state index in [-0.39, 0.29) is 24.0 Å². The van der Waals surface area contributed by atoms with Crippen LogP contribution in [0.15, 0.2) is 4.99 Å². The first-order valence-electron chi connectivity index (χ1n) is 10.1. The standard InChI is InChI=1S/C19H33N3O3.HI/c1-20-18(21-9-4-10-23-13-14-5-2-11-24-14)22-16-15-6-12-25-17(15)19(16)7-3-8-19;/h14-17H,2-13H2,1H3,(H2,20,21,22);1H. The molecule has 0 aromatic heterocycles. The first kappa shape index (κ1) is 20.6. The van der Waals surface area contributed by atoms with E-state index in [4.69, 9.17) is 14.2 Å². The molecule has 2 heterocycles. The van der Waals surface area contributed by atoms with Crippen LogP contribution in [-0.4, -0.2) is 64.2 Å². The highest BCUT2D eigenvalue weighted by molar-refractivity contribution is 14.0. The minimum Gasteiger partial charge on any atom is -0.379 e. The van der Waals surface area contributed by atoms with Gasteiger partial charge in [0.25, 0.3) is 0 Å². The van der Waals surface area contributed by atoms with Gasteiger partial charge in [-0.25, -0.2) is 0 Å². The van der Waals surface area contributed by atoms with Crippen LogP contribution in [0.1, 0.15) is 44.9 Å². The van der Waals surface area contributed by atoms with Gasteiger partial charge < -0.3 is 24.8 Å². The summed E-state index contributed by atoms with van der Waals surface area (Å²) in [5, 5.41) is 7.15. The summed E-state index contributed by atoms with van der Waals surface area (Å²) in [7, 11) is 1.86. The second-order valence-electron chi connectivity index (χ2n) is 8.02. The van der Waals surface area contributed by atoms with E-state index in [1.165, 1.54) is 32.1 Å². The second kappa shape index (κ2) is 9.39. The van der Waals surface area contributed by atoms with E-state index in [2.05, 4.69) is 15.6 Å². The van der Waals surface area contributed by atoms with Crippen molar-refractivity contribution in [1.82, 2.24) is 10.6 Å². The summed E-state index contributed by atoms with van der Waals surface area (Å²) in [5.41, 5.74) is 0.392. The number of hydrogen-bond acceptors (Lipinski definition) is 4. The highest BCUT2D eigenvalue weighted by atomic mass is 127. The van der Waals surface area contributed by atoms with E-state index in [0.717, 1.165) is 51.8 Å². The molecule has 2 N–H and O–H groups in total. The van der Waals surface area contributed by atoms with E-state index in [1.54, 1.807) is 0 Å². The molecule has 0 aromatic rings. The average molecular weight is 479 g/mol. The number of hydrogen-bond donors (Lipinski definition) is 2. The molecule has 150 valence electrons. The van der Waals surface area contributed by atoms with Crippen LogP contribution in [0.25, 0.3) is 0 Å². The Bertz CT molecular complexity index is 481. The van der Waals surface area contributed by atoms with E-state index < -0.39 is 0 Å². The fourth-order valence-corrected chi connectivity index (χ4v) is 5.17. The van der Waals surface area contributed by atoms with E-state index in [9.17, 15) is 0 Å². The van der Waals surface area contributed by atoms with Gasteiger partial charge in [0.05, 0.1) is 18.8 Å². The molecule has 4 aliphatic rings. The molecule has 7 heteroatoms. The lowest BCUT2D eigenvalue weighted by Gasteiger charge is -2.63. The van der Waals surface area contributed by atoms with Crippen molar-refractivity contribution in [3.8, 4) is 0 Å². The van der Waals surface area contributed by atoms with Gasteiger partial charge in [-0.1, -0.05) is 6.42 Å². The molecule has 4 rings (SSSR count). The van der Waals surface area contributed by atoms with Crippen molar-refractivity contribution in [2.45, 2.75) is 63.2 Å². The van der Waals surface area contributed by atoms with Crippen molar-refractivity contribution < 1.29 is 14.2 Å². The molecular formula is C19H34IN3O3. The van der Waals surface area contributed by atoms with Crippen molar-refractivity contribution >= 4 is 29.9 Å². The highest BCUT2D eigenvalue weighted by Crippen LogP contribution is 2.62. The molecule has 0 bridgehead atoms. The quantitative estimate of drug-likeness (QED) is 0.254. The Kier molecular flexibility index (Phi) is 7.44. The molecule has 4 unspecified atom stereocenters. The molecule has 2 saturated carbocycles. The predicted octanol–water partition coefficient (Wildman–Crippen LogP) is 2.31. The number of fused-ring (bicyclic) bond motifs is 2. The number of halogens is 1. The monoisotopic (exact) mass is 479 g/mol. The third-order valence-corrected chi connectivity index (χ3v) is 6.64. The lowest BCUT2D eigenvalue weighted by molar-refractivity contribution is -0.171. The zero-order valence-corrected chi connectivity index (χ0v) is 18.2. The minimum absolute atomic E-state index is 0. The molecule has 2 saturated heterocycles. The van der Waals surface area contributed by atoms with Crippen molar-refractivity contribution in [2.24, 2.45) is 16.3 Å². The van der Waals surface area contributed by atoms with Crippen molar-refractivity contribution in [3.05, 3.63) is 0 Å². The van der Waals surface area contributed by atoms with Gasteiger partial charge in [0, 0.05) is 50.8 Å². The lowest BCUT2D eigenvalue weighted by Crippen LogP contribution is -2.72. The zero-order valence-electron chi connectivity index (χ0n) is 15.9. The smallest absolute Gasteiger partial charge is 0.191 e. The number of nitrogens with zero attached hydrogens (tertiary/aromatic N) is 1. The van der Waals surface area contributed by atoms with E-state index in [1.807, 2.05) is 7.05 Å². The summed E-state index contributed by atoms with van der Waals surface area (Å²) in [6.45, 7) is 4.22. The first-order chi connectivity index (χ1) is 12.3. The number of nitrogens with one attached hydrogen (secondary N) is 2. The maximum Gasteiger partial charge on any atom is 0.191 e. The summed E-state index contributed by atoms with van der Waals surface area (Å²) in [6, 6.07) is 0.538. The fourth-order valence-electron chi connectivity index (χ4n) is 5.17. The molecule has 0 amide bonds. The number of guanidine groups is 1. The molecule has 2 aliphatic carbocycles. The van der Waals surface area contributed by atoms with Gasteiger partial charge in [-0.05, 0) is 38.5 Å². The van der Waals surface area contributed by atoms with E-state index >= 15 is 0 Å². The summed E-state index contributed by atoms with van der Waals surface area (Å²) >= 11 is 0. The SMILES string of the molecule is CN=C(NCCCOCC1CCCO1)NC1C2CCOC2C12CCC2.I. The highest BCUT2D eigenvalue weighted by Gasteiger charge is 2.66. The van der Waals surface area contributed by atoms with Crippen LogP contribution in [0.3, 0.4) is 0 Å². The lowest BCUT2D eigenvalue weighted by atomic mass is 9.46. The molecule has 26 heavy (non-hydrogen) atoms. The van der Waals surface area contributed by atoms with Crippen LogP contribution in [-0.2, 0) is 14.2 Å². The number of rotatable bonds is 7. The topological polar surface area (TPSA) is 64.1 Å². The Hall–Kier alpha value is -0.120. The Labute approximate surface area is 174 Å². The van der Waals surface area contributed by atoms with Gasteiger partial charge in [0.15, 0.2) is 5.96 Å². The van der Waals surface area contributed by atoms with Gasteiger partial charge in [-0.2, -0.15) is 0 Å². The molecule has 0 aromatic carbocycles. The Morgan fingerprint density at radius 3 is 2.77 bits per heavy atom. The Balaban J connectivity index is 0.00000196. The zero-order chi connectivity index (χ0) is 17.1. The van der Waals surface area contributed by atoms with Gasteiger partial charge in [-0.15, -0.1) is 24.0 Å². The van der Waals surface area contributed by atoms with Gasteiger partial charge in [-0.3, -0.25) is 4.99 Å². The summed E-state index contributed by atoms with van der Waals surface area (Å²) in [6.07, 6.45) is 9.27. The van der Waals surface area contributed by atoms with Gasteiger partial charge in [0.2, 0.25) is 0 Å². The second-order valence-corrected chi connectivity index (χ2v) is 8.02. The molecule has 6 nitrogen and oxygen atoms in total. The summed E-state index contributed by atoms with van der Waals surface area (Å²) < 4.78 is 17.3. The average Bonchev–Trinajstić information content (AvgIpc) is 3.23. The Morgan fingerprint density at radius 1 is 1.19 bits per heavy atom. The van der Waals surface area contributed by atoms with Crippen molar-refractivity contribution in [2.75, 3.05) is 40.0 Å². The molecule has 4 fully saturated rings. The van der Waals surface area contributed by atoms with Crippen LogP contribution in [0.4, 0.5) is 0 Å². The number of aliphatic imine (C=N–C) groups is 1. The normalized spacial score (nSPS) is 34.6. The largest absolute Gasteiger partial charge is 0.379 e. The van der Waals surface area contributed by atoms with Crippen LogP contribution < -0.4 is 10.6 Å². The minimum atomic E-state index is 0. The van der Waals surface area contributed by atoms with Crippen LogP contribution in [0, 0.1) is 11.3 Å². The molecule has 1 spiro atoms.